The molecule has 0 heterocycles. The third-order valence-electron chi connectivity index (χ3n) is 7.79. The van der Waals surface area contributed by atoms with Gasteiger partial charge in [-0.15, -0.1) is 11.6 Å². The monoisotopic (exact) mass is 658 g/mol. The lowest BCUT2D eigenvalue weighted by Gasteiger charge is -2.35. The molecule has 0 bridgehead atoms. The zero-order valence-corrected chi connectivity index (χ0v) is 28.1. The van der Waals surface area contributed by atoms with Gasteiger partial charge >= 0.3 is 11.9 Å². The molecule has 0 aliphatic heterocycles. The summed E-state index contributed by atoms with van der Waals surface area (Å²) in [5.41, 5.74) is 1.60. The Balaban J connectivity index is 1.66. The summed E-state index contributed by atoms with van der Waals surface area (Å²) in [6.45, 7) is 1.73. The predicted octanol–water partition coefficient (Wildman–Crippen LogP) is 7.13. The van der Waals surface area contributed by atoms with E-state index in [9.17, 15) is 9.59 Å². The average Bonchev–Trinajstić information content (AvgIpc) is 3.09. The summed E-state index contributed by atoms with van der Waals surface area (Å²) in [7, 11) is 5.87. The van der Waals surface area contributed by atoms with Crippen LogP contribution in [0.15, 0.2) is 48.6 Å². The van der Waals surface area contributed by atoms with Crippen molar-refractivity contribution in [3.05, 3.63) is 59.7 Å². The summed E-state index contributed by atoms with van der Waals surface area (Å²) in [4.78, 5) is 23.0. The van der Waals surface area contributed by atoms with Crippen LogP contribution in [0.1, 0.15) is 56.1 Å². The molecule has 0 aromatic heterocycles. The van der Waals surface area contributed by atoms with Crippen LogP contribution in [0, 0.1) is 11.8 Å². The maximum Gasteiger partial charge on any atom is 0.330 e. The van der Waals surface area contributed by atoms with Gasteiger partial charge in [-0.1, -0.05) is 25.0 Å². The summed E-state index contributed by atoms with van der Waals surface area (Å²) < 4.78 is 39.4. The largest absolute Gasteiger partial charge is 0.493 e. The Labute approximate surface area is 277 Å². The summed E-state index contributed by atoms with van der Waals surface area (Å²) in [6.07, 6.45) is 13.1. The van der Waals surface area contributed by atoms with Crippen molar-refractivity contribution in [1.82, 2.24) is 0 Å². The molecule has 9 nitrogen and oxygen atoms in total. The Morgan fingerprint density at radius 2 is 1.20 bits per heavy atom. The molecule has 2 aromatic rings. The van der Waals surface area contributed by atoms with E-state index in [0.29, 0.717) is 42.1 Å². The van der Waals surface area contributed by atoms with Crippen molar-refractivity contribution in [2.75, 3.05) is 54.1 Å². The fourth-order valence-corrected chi connectivity index (χ4v) is 5.60. The first-order valence-electron chi connectivity index (χ1n) is 15.7. The van der Waals surface area contributed by atoms with E-state index in [0.717, 1.165) is 62.7 Å². The van der Waals surface area contributed by atoms with E-state index in [1.54, 1.807) is 26.4 Å². The minimum Gasteiger partial charge on any atom is -0.493 e. The molecule has 1 saturated carbocycles. The Morgan fingerprint density at radius 1 is 0.696 bits per heavy atom. The van der Waals surface area contributed by atoms with Crippen molar-refractivity contribution in [3.8, 4) is 23.0 Å². The van der Waals surface area contributed by atoms with Crippen LogP contribution in [-0.2, 0) is 23.8 Å². The van der Waals surface area contributed by atoms with E-state index < -0.39 is 11.9 Å². The summed E-state index contributed by atoms with van der Waals surface area (Å²) in [6, 6.07) is 11.1. The number of alkyl halides is 1. The summed E-state index contributed by atoms with van der Waals surface area (Å²) >= 11 is 5.82. The Hall–Kier alpha value is -3.69. The third-order valence-corrected chi connectivity index (χ3v) is 8.06. The fourth-order valence-electron chi connectivity index (χ4n) is 5.41. The van der Waals surface area contributed by atoms with Gasteiger partial charge in [0.05, 0.1) is 47.8 Å². The first kappa shape index (κ1) is 36.8. The normalized spacial score (nSPS) is 18.0. The first-order chi connectivity index (χ1) is 22.4. The van der Waals surface area contributed by atoms with Crippen LogP contribution in [-0.4, -0.2) is 72.2 Å². The van der Waals surface area contributed by atoms with Crippen molar-refractivity contribution in [3.63, 3.8) is 0 Å². The molecule has 1 unspecified atom stereocenters. The molecule has 3 rings (SSSR count). The highest BCUT2D eigenvalue weighted by molar-refractivity contribution is 6.17. The molecule has 1 fully saturated rings. The highest BCUT2D eigenvalue weighted by Gasteiger charge is 2.31. The van der Waals surface area contributed by atoms with Gasteiger partial charge in [0.2, 0.25) is 0 Å². The summed E-state index contributed by atoms with van der Waals surface area (Å²) in [5.74, 6) is 2.80. The van der Waals surface area contributed by atoms with Gasteiger partial charge in [-0.3, -0.25) is 0 Å². The average molecular weight is 659 g/mol. The van der Waals surface area contributed by atoms with Crippen LogP contribution >= 0.6 is 11.6 Å². The lowest BCUT2D eigenvalue weighted by molar-refractivity contribution is -0.135. The van der Waals surface area contributed by atoms with Crippen LogP contribution in [0.4, 0.5) is 0 Å². The van der Waals surface area contributed by atoms with E-state index in [2.05, 4.69) is 9.47 Å². The fraction of sp³-hybridized carbons (Fsp3) is 0.500. The quantitative estimate of drug-likeness (QED) is 0.0675. The standard InChI is InChI=1S/C36H47ClO9/c1-40-33-22-26(11-15-35(38)42-3)9-13-31(33)45-24-28-19-29(21-30(20-28)44-18-8-6-5-7-17-37)25-46-32-14-10-27(23-34(32)41-2)12-16-36(39)43-4/h9-16,22-23,28-30H,5-8,17-21,24-25H2,1-4H3/t28-,29+,30?. The van der Waals surface area contributed by atoms with Gasteiger partial charge in [-0.2, -0.15) is 0 Å². The number of halogens is 1. The minimum atomic E-state index is -0.426. The van der Waals surface area contributed by atoms with Gasteiger partial charge in [0.25, 0.3) is 0 Å². The second-order valence-corrected chi connectivity index (χ2v) is 11.6. The van der Waals surface area contributed by atoms with Crippen LogP contribution in [0.3, 0.4) is 0 Å². The van der Waals surface area contributed by atoms with Gasteiger partial charge in [0.1, 0.15) is 0 Å². The molecule has 1 aliphatic carbocycles. The van der Waals surface area contributed by atoms with Gasteiger partial charge in [0, 0.05) is 24.6 Å². The molecule has 0 N–H and O–H groups in total. The van der Waals surface area contributed by atoms with E-state index in [1.165, 1.54) is 26.4 Å². The Kier molecular flexibility index (Phi) is 16.3. The molecular formula is C36H47ClO9. The SMILES string of the molecule is COC(=O)C=Cc1ccc(OC[C@@H]2CC(OCCCCCCCl)C[C@H](COc3ccc(C=CC(=O)OC)cc3OC)C2)c(OC)c1. The molecule has 252 valence electrons. The van der Waals surface area contributed by atoms with Crippen LogP contribution in [0.5, 0.6) is 23.0 Å². The number of hydrogen-bond donors (Lipinski definition) is 0. The van der Waals surface area contributed by atoms with Crippen molar-refractivity contribution in [1.29, 1.82) is 0 Å². The summed E-state index contributed by atoms with van der Waals surface area (Å²) in [5, 5.41) is 0. The number of ether oxygens (including phenoxy) is 7. The van der Waals surface area contributed by atoms with E-state index >= 15 is 0 Å². The highest BCUT2D eigenvalue weighted by atomic mass is 35.5. The zero-order chi connectivity index (χ0) is 33.1. The van der Waals surface area contributed by atoms with Crippen molar-refractivity contribution >= 4 is 35.7 Å². The van der Waals surface area contributed by atoms with Crippen LogP contribution < -0.4 is 18.9 Å². The maximum absolute atomic E-state index is 11.5. The van der Waals surface area contributed by atoms with Crippen LogP contribution in [0.2, 0.25) is 0 Å². The second-order valence-electron chi connectivity index (χ2n) is 11.2. The number of methoxy groups -OCH3 is 4. The number of rotatable bonds is 19. The van der Waals surface area contributed by atoms with Gasteiger partial charge in [0.15, 0.2) is 23.0 Å². The molecule has 0 amide bonds. The molecule has 3 atom stereocenters. The molecule has 10 heteroatoms. The number of benzene rings is 2. The van der Waals surface area contributed by atoms with Crippen LogP contribution in [0.25, 0.3) is 12.2 Å². The molecule has 0 saturated heterocycles. The van der Waals surface area contributed by atoms with E-state index in [-0.39, 0.29) is 17.9 Å². The molecule has 0 radical (unpaired) electrons. The molecule has 46 heavy (non-hydrogen) atoms. The molecular weight excluding hydrogens is 612 g/mol. The smallest absolute Gasteiger partial charge is 0.330 e. The number of unbranched alkanes of at least 4 members (excludes halogenated alkanes) is 3. The number of hydrogen-bond acceptors (Lipinski definition) is 9. The van der Waals surface area contributed by atoms with E-state index in [4.69, 9.17) is 35.3 Å². The molecule has 2 aromatic carbocycles. The zero-order valence-electron chi connectivity index (χ0n) is 27.3. The highest BCUT2D eigenvalue weighted by Crippen LogP contribution is 2.36. The Morgan fingerprint density at radius 3 is 1.65 bits per heavy atom. The molecule has 1 aliphatic rings. The second kappa shape index (κ2) is 20.4. The van der Waals surface area contributed by atoms with Crippen molar-refractivity contribution < 1.29 is 42.7 Å². The number of carbonyl (C=O) groups is 2. The lowest BCUT2D eigenvalue weighted by atomic mass is 9.80. The maximum atomic E-state index is 11.5. The predicted molar refractivity (Wildman–Crippen MR) is 179 cm³/mol. The number of esters is 2. The number of carbonyl (C=O) groups excluding carboxylic acids is 2. The minimum absolute atomic E-state index is 0.101. The van der Waals surface area contributed by atoms with Gasteiger partial charge < -0.3 is 33.2 Å². The first-order valence-corrected chi connectivity index (χ1v) is 16.2. The van der Waals surface area contributed by atoms with Crippen molar-refractivity contribution in [2.24, 2.45) is 11.8 Å². The van der Waals surface area contributed by atoms with Gasteiger partial charge in [-0.05, 0) is 91.5 Å². The van der Waals surface area contributed by atoms with E-state index in [1.807, 2.05) is 36.4 Å². The lowest BCUT2D eigenvalue weighted by Crippen LogP contribution is -2.34. The van der Waals surface area contributed by atoms with Gasteiger partial charge in [-0.25, -0.2) is 9.59 Å². The topological polar surface area (TPSA) is 98.8 Å². The van der Waals surface area contributed by atoms with Crippen molar-refractivity contribution in [2.45, 2.75) is 51.0 Å². The third kappa shape index (κ3) is 12.6. The molecule has 0 spiro atoms. The Bertz CT molecular complexity index is 1200.